The summed E-state index contributed by atoms with van der Waals surface area (Å²) in [5.41, 5.74) is 1.03. The van der Waals surface area contributed by atoms with Gasteiger partial charge in [0.25, 0.3) is 0 Å². The van der Waals surface area contributed by atoms with Crippen LogP contribution in [-0.2, 0) is 11.3 Å². The Hall–Kier alpha value is -2.06. The fourth-order valence-corrected chi connectivity index (χ4v) is 2.60. The summed E-state index contributed by atoms with van der Waals surface area (Å²) in [6.45, 7) is -1.86. The van der Waals surface area contributed by atoms with E-state index >= 15 is 0 Å². The molecule has 0 aliphatic rings. The molecule has 0 saturated carbocycles. The monoisotopic (exact) mass is 430 g/mol. The van der Waals surface area contributed by atoms with E-state index in [4.69, 9.17) is 0 Å². The van der Waals surface area contributed by atoms with Gasteiger partial charge in [0.1, 0.15) is 11.6 Å². The van der Waals surface area contributed by atoms with Crippen LogP contribution >= 0.6 is 15.9 Å². The number of anilines is 1. The third kappa shape index (κ3) is 6.68. The molecule has 0 heterocycles. The molecule has 4 nitrogen and oxygen atoms in total. The molecule has 26 heavy (non-hydrogen) atoms. The minimum Gasteiger partial charge on any atom is -0.435 e. The van der Waals surface area contributed by atoms with Gasteiger partial charge >= 0.3 is 6.61 Å². The van der Waals surface area contributed by atoms with E-state index < -0.39 is 12.4 Å². The molecule has 0 fully saturated rings. The van der Waals surface area contributed by atoms with Crippen molar-refractivity contribution in [2.75, 3.05) is 18.9 Å². The van der Waals surface area contributed by atoms with Crippen molar-refractivity contribution < 1.29 is 22.7 Å². The highest BCUT2D eigenvalue weighted by Crippen LogP contribution is 2.19. The van der Waals surface area contributed by atoms with Gasteiger partial charge in [-0.05, 0) is 42.9 Å². The molecule has 8 heteroatoms. The van der Waals surface area contributed by atoms with Gasteiger partial charge in [0, 0.05) is 24.0 Å². The van der Waals surface area contributed by atoms with Crippen molar-refractivity contribution >= 4 is 27.5 Å². The second kappa shape index (κ2) is 9.59. The molecule has 0 unspecified atom stereocenters. The molecule has 0 aromatic heterocycles. The van der Waals surface area contributed by atoms with Crippen molar-refractivity contribution in [1.29, 1.82) is 0 Å². The van der Waals surface area contributed by atoms with E-state index in [0.717, 1.165) is 5.56 Å². The van der Waals surface area contributed by atoms with Crippen LogP contribution in [0.2, 0.25) is 0 Å². The highest BCUT2D eigenvalue weighted by molar-refractivity contribution is 9.10. The molecular weight excluding hydrogens is 413 g/mol. The Morgan fingerprint density at radius 2 is 1.92 bits per heavy atom. The van der Waals surface area contributed by atoms with Gasteiger partial charge < -0.3 is 15.0 Å². The second-order valence-electron chi connectivity index (χ2n) is 5.68. The number of carbonyl (C=O) groups is 1. The van der Waals surface area contributed by atoms with Gasteiger partial charge in [-0.3, -0.25) is 4.79 Å². The maximum absolute atomic E-state index is 13.7. The largest absolute Gasteiger partial charge is 0.435 e. The van der Waals surface area contributed by atoms with E-state index in [1.807, 2.05) is 11.9 Å². The zero-order valence-electron chi connectivity index (χ0n) is 14.0. The predicted molar refractivity (Wildman–Crippen MR) is 96.8 cm³/mol. The first-order valence-electron chi connectivity index (χ1n) is 7.80. The maximum atomic E-state index is 13.7. The fraction of sp³-hybridized carbons (Fsp3) is 0.278. The SMILES string of the molecule is CN(CCC(=O)Nc1ccc(Br)cc1F)Cc1ccc(OC(F)F)cc1. The number of rotatable bonds is 8. The molecule has 2 aromatic rings. The molecular formula is C18H18BrF3N2O2. The van der Waals surface area contributed by atoms with Gasteiger partial charge in [0.15, 0.2) is 0 Å². The van der Waals surface area contributed by atoms with Gasteiger partial charge in [-0.15, -0.1) is 0 Å². The molecule has 1 N–H and O–H groups in total. The molecule has 0 radical (unpaired) electrons. The molecule has 0 aliphatic carbocycles. The third-order valence-corrected chi connectivity index (χ3v) is 4.02. The number of ether oxygens (including phenoxy) is 1. The normalized spacial score (nSPS) is 11.0. The topological polar surface area (TPSA) is 41.6 Å². The van der Waals surface area contributed by atoms with Gasteiger partial charge in [0.05, 0.1) is 5.69 Å². The molecule has 0 saturated heterocycles. The van der Waals surface area contributed by atoms with E-state index in [2.05, 4.69) is 26.0 Å². The van der Waals surface area contributed by atoms with Crippen LogP contribution in [0.5, 0.6) is 5.75 Å². The van der Waals surface area contributed by atoms with Crippen molar-refractivity contribution in [2.45, 2.75) is 19.6 Å². The predicted octanol–water partition coefficient (Wildman–Crippen LogP) is 4.65. The number of hydrogen-bond donors (Lipinski definition) is 1. The molecule has 0 aliphatic heterocycles. The first-order valence-corrected chi connectivity index (χ1v) is 8.60. The van der Waals surface area contributed by atoms with Gasteiger partial charge in [-0.1, -0.05) is 28.1 Å². The highest BCUT2D eigenvalue weighted by Gasteiger charge is 2.10. The molecule has 2 aromatic carbocycles. The van der Waals surface area contributed by atoms with E-state index in [1.165, 1.54) is 24.3 Å². The van der Waals surface area contributed by atoms with E-state index in [0.29, 0.717) is 17.6 Å². The summed E-state index contributed by atoms with van der Waals surface area (Å²) in [5.74, 6) is -0.701. The number of halogens is 4. The lowest BCUT2D eigenvalue weighted by Crippen LogP contribution is -2.24. The minimum atomic E-state index is -2.85. The molecule has 0 spiro atoms. The Bertz CT molecular complexity index is 742. The van der Waals surface area contributed by atoms with E-state index in [-0.39, 0.29) is 23.8 Å². The smallest absolute Gasteiger partial charge is 0.387 e. The zero-order chi connectivity index (χ0) is 19.1. The zero-order valence-corrected chi connectivity index (χ0v) is 15.6. The molecule has 2 rings (SSSR count). The Labute approximate surface area is 158 Å². The molecule has 0 atom stereocenters. The van der Waals surface area contributed by atoms with Gasteiger partial charge in [0.2, 0.25) is 5.91 Å². The maximum Gasteiger partial charge on any atom is 0.387 e. The second-order valence-corrected chi connectivity index (χ2v) is 6.60. The summed E-state index contributed by atoms with van der Waals surface area (Å²) in [5, 5.41) is 2.53. The first-order chi connectivity index (χ1) is 12.3. The first kappa shape index (κ1) is 20.3. The van der Waals surface area contributed by atoms with Gasteiger partial charge in [-0.2, -0.15) is 8.78 Å². The summed E-state index contributed by atoms with van der Waals surface area (Å²) in [4.78, 5) is 13.9. The third-order valence-electron chi connectivity index (χ3n) is 3.53. The van der Waals surface area contributed by atoms with Crippen LogP contribution in [0.4, 0.5) is 18.9 Å². The van der Waals surface area contributed by atoms with Crippen molar-refractivity contribution in [1.82, 2.24) is 4.90 Å². The van der Waals surface area contributed by atoms with Crippen molar-refractivity contribution in [3.63, 3.8) is 0 Å². The lowest BCUT2D eigenvalue weighted by Gasteiger charge is -2.17. The average Bonchev–Trinajstić information content (AvgIpc) is 2.57. The van der Waals surface area contributed by atoms with Crippen LogP contribution < -0.4 is 10.1 Å². The van der Waals surface area contributed by atoms with Crippen molar-refractivity contribution in [3.05, 3.63) is 58.3 Å². The Balaban J connectivity index is 1.78. The Morgan fingerprint density at radius 1 is 1.23 bits per heavy atom. The summed E-state index contributed by atoms with van der Waals surface area (Å²) >= 11 is 3.16. The Kier molecular flexibility index (Phi) is 7.47. The number of nitrogens with zero attached hydrogens (tertiary/aromatic N) is 1. The van der Waals surface area contributed by atoms with Crippen LogP contribution in [0.1, 0.15) is 12.0 Å². The number of benzene rings is 2. The molecule has 0 bridgehead atoms. The summed E-state index contributed by atoms with van der Waals surface area (Å²) in [6, 6.07) is 10.7. The number of alkyl halides is 2. The van der Waals surface area contributed by atoms with Crippen molar-refractivity contribution in [2.24, 2.45) is 0 Å². The number of hydrogen-bond acceptors (Lipinski definition) is 3. The van der Waals surface area contributed by atoms with Crippen LogP contribution in [0, 0.1) is 5.82 Å². The quantitative estimate of drug-likeness (QED) is 0.662. The van der Waals surface area contributed by atoms with E-state index in [9.17, 15) is 18.0 Å². The fourth-order valence-electron chi connectivity index (χ4n) is 2.26. The summed E-state index contributed by atoms with van der Waals surface area (Å²) in [6.07, 6.45) is 0.193. The van der Waals surface area contributed by atoms with Crippen LogP contribution in [0.25, 0.3) is 0 Å². The standard InChI is InChI=1S/C18H18BrF3N2O2/c1-24(11-12-2-5-14(6-3-12)26-18(21)22)9-8-17(25)23-16-7-4-13(19)10-15(16)20/h2-7,10,18H,8-9,11H2,1H3,(H,23,25). The lowest BCUT2D eigenvalue weighted by atomic mass is 10.2. The van der Waals surface area contributed by atoms with Crippen LogP contribution in [-0.4, -0.2) is 31.0 Å². The summed E-state index contributed by atoms with van der Waals surface area (Å²) < 4.78 is 42.8. The summed E-state index contributed by atoms with van der Waals surface area (Å²) in [7, 11) is 1.83. The Morgan fingerprint density at radius 3 is 2.54 bits per heavy atom. The minimum absolute atomic E-state index is 0.0994. The van der Waals surface area contributed by atoms with E-state index in [1.54, 1.807) is 18.2 Å². The number of nitrogens with one attached hydrogen (secondary N) is 1. The lowest BCUT2D eigenvalue weighted by molar-refractivity contribution is -0.116. The molecule has 1 amide bonds. The molecule has 140 valence electrons. The average molecular weight is 431 g/mol. The number of amides is 1. The van der Waals surface area contributed by atoms with Crippen LogP contribution in [0.3, 0.4) is 0 Å². The number of carbonyl (C=O) groups excluding carboxylic acids is 1. The van der Waals surface area contributed by atoms with Crippen LogP contribution in [0.15, 0.2) is 46.9 Å². The highest BCUT2D eigenvalue weighted by atomic mass is 79.9. The van der Waals surface area contributed by atoms with Crippen molar-refractivity contribution in [3.8, 4) is 5.75 Å². The van der Waals surface area contributed by atoms with Gasteiger partial charge in [-0.25, -0.2) is 4.39 Å².